The molecule has 24 heteroatoms. The van der Waals surface area contributed by atoms with Crippen LogP contribution in [-0.4, -0.2) is 193 Å². The minimum Gasteiger partial charge on any atom is -0.480 e. The predicted molar refractivity (Wildman–Crippen MR) is 301 cm³/mol. The smallest absolute Gasteiger partial charge is 0.326 e. The molecule has 6 N–H and O–H groups in total. The maximum Gasteiger partial charge on any atom is 0.326 e. The third-order valence-corrected chi connectivity index (χ3v) is 16.0. The maximum absolute atomic E-state index is 14.3. The largest absolute Gasteiger partial charge is 0.480 e. The summed E-state index contributed by atoms with van der Waals surface area (Å²) in [5, 5.41) is 32.2. The lowest BCUT2D eigenvalue weighted by Gasteiger charge is -2.42. The molecule has 2 saturated heterocycles. The van der Waals surface area contributed by atoms with E-state index < -0.39 is 107 Å². The molecular weight excluding hydrogens is 1080 g/mol. The number of likely N-dealkylation sites (N-methyl/N-ethyl adjacent to an activating group) is 2. The van der Waals surface area contributed by atoms with Crippen LogP contribution in [0.25, 0.3) is 0 Å². The summed E-state index contributed by atoms with van der Waals surface area (Å²) in [5.74, 6) is -10.5. The molecule has 11 atom stereocenters. The van der Waals surface area contributed by atoms with Gasteiger partial charge >= 0.3 is 17.9 Å². The number of ketones is 1. The number of hydrogen-bond donors (Lipinski definition) is 6. The normalized spacial score (nSPS) is 23.0. The molecule has 0 aromatic heterocycles. The molecule has 3 aliphatic rings. The molecule has 1 aromatic rings. The van der Waals surface area contributed by atoms with Gasteiger partial charge in [0.25, 0.3) is 11.7 Å². The molecule has 7 amide bonds. The van der Waals surface area contributed by atoms with Crippen LogP contribution in [0.5, 0.6) is 0 Å². The highest BCUT2D eigenvalue weighted by Crippen LogP contribution is 2.36. The van der Waals surface area contributed by atoms with E-state index in [1.807, 2.05) is 13.8 Å². The van der Waals surface area contributed by atoms with Gasteiger partial charge in [-0.2, -0.15) is 0 Å². The first-order valence-corrected chi connectivity index (χ1v) is 29.2. The van der Waals surface area contributed by atoms with E-state index in [2.05, 4.69) is 32.9 Å². The van der Waals surface area contributed by atoms with Gasteiger partial charge in [0, 0.05) is 66.0 Å². The number of ether oxygens (including phenoxy) is 4. The third kappa shape index (κ3) is 21.6. The molecule has 0 unspecified atom stereocenters. The predicted octanol–water partition coefficient (Wildman–Crippen LogP) is 2.59. The second kappa shape index (κ2) is 33.7. The van der Waals surface area contributed by atoms with E-state index in [-0.39, 0.29) is 108 Å². The molecule has 3 fully saturated rings. The van der Waals surface area contributed by atoms with Crippen molar-refractivity contribution in [3.05, 3.63) is 35.9 Å². The minimum absolute atomic E-state index is 0.0135. The summed E-state index contributed by atoms with van der Waals surface area (Å²) >= 11 is 0. The molecule has 24 nitrogen and oxygen atoms in total. The topological polar surface area (TPSA) is 323 Å². The Bertz CT molecular complexity index is 2390. The SMILES string of the molecule is COC(=O)CCC(=O)O[C@@H]1CC[C@H](C[C@@H](C)CCC(=O)NCCNC(=O)CN(C)C(=O)[C@H](Cc2ccccc2)NC(=O)[C@H](CC(C)C)N(C)C(=O)[C@H](C)NC(=O)CC[C@H]2CC[C@@H](C)[C@](O)(C(=O)C(=O)N3CCCC[C@H]3C(=O)O)O2)C[C@H]1OC. The Kier molecular flexibility index (Phi) is 28.0. The monoisotopic (exact) mass is 1170 g/mol. The Hall–Kier alpha value is -6.53. The van der Waals surface area contributed by atoms with Crippen molar-refractivity contribution in [1.29, 1.82) is 0 Å². The second-order valence-electron chi connectivity index (χ2n) is 23.1. The average molecular weight is 1170 g/mol. The summed E-state index contributed by atoms with van der Waals surface area (Å²) in [6.45, 7) is 8.76. The number of carbonyl (C=O) groups excluding carboxylic acids is 10. The lowest BCUT2D eigenvalue weighted by molar-refractivity contribution is -0.263. The van der Waals surface area contributed by atoms with Crippen LogP contribution >= 0.6 is 0 Å². The Morgan fingerprint density at radius 3 is 2.11 bits per heavy atom. The Labute approximate surface area is 487 Å². The van der Waals surface area contributed by atoms with Crippen molar-refractivity contribution in [2.75, 3.05) is 54.5 Å². The van der Waals surface area contributed by atoms with Crippen molar-refractivity contribution < 1.29 is 81.9 Å². The van der Waals surface area contributed by atoms with Gasteiger partial charge in [0.2, 0.25) is 41.2 Å². The van der Waals surface area contributed by atoms with Gasteiger partial charge in [0.05, 0.1) is 38.7 Å². The van der Waals surface area contributed by atoms with Crippen LogP contribution in [0.15, 0.2) is 30.3 Å². The van der Waals surface area contributed by atoms with Gasteiger partial charge in [-0.3, -0.25) is 47.9 Å². The van der Waals surface area contributed by atoms with Gasteiger partial charge < -0.3 is 65.1 Å². The molecule has 0 bridgehead atoms. The van der Waals surface area contributed by atoms with Gasteiger partial charge in [-0.1, -0.05) is 58.0 Å². The standard InChI is InChI=1S/C59H91N7O17/c1-36(2)31-45(65(7)55(74)39(5)62-49(68)25-22-42-21-19-38(4)59(79,83-42)53(72)57(76)66-30-14-13-17-44(66)58(77)78)54(73)63-43(33-40-15-11-10-12-16-40)56(75)64(6)35-50(69)61-29-28-60-48(67)24-18-37(3)32-41-20-23-46(47(34-41)80-8)82-52(71)27-26-51(70)81-9/h10-12,15-16,36-39,41-47,79H,13-14,17-35H2,1-9H3,(H,60,67)(H,61,69)(H,62,68)(H,63,73)(H,77,78)/t37-,38+,39-,41+,42+,43-,44-,45-,46+,47+,59+/m0/s1. The molecule has 2 aliphatic heterocycles. The minimum atomic E-state index is -2.53. The molecule has 4 rings (SSSR count). The summed E-state index contributed by atoms with van der Waals surface area (Å²) in [6.07, 6.45) is 4.26. The molecule has 1 aliphatic carbocycles. The molecule has 2 heterocycles. The molecule has 0 spiro atoms. The third-order valence-electron chi connectivity index (χ3n) is 16.0. The van der Waals surface area contributed by atoms with Gasteiger partial charge in [0.15, 0.2) is 0 Å². The van der Waals surface area contributed by atoms with E-state index in [9.17, 15) is 63.0 Å². The van der Waals surface area contributed by atoms with E-state index in [1.165, 1.54) is 37.9 Å². The molecule has 0 radical (unpaired) electrons. The highest BCUT2D eigenvalue weighted by Gasteiger charge is 2.52. The summed E-state index contributed by atoms with van der Waals surface area (Å²) < 4.78 is 21.7. The number of aliphatic carboxylic acids is 1. The van der Waals surface area contributed by atoms with Crippen molar-refractivity contribution in [2.24, 2.45) is 23.7 Å². The fraction of sp³-hybridized carbons (Fsp3) is 0.712. The summed E-state index contributed by atoms with van der Waals surface area (Å²) in [7, 11) is 5.71. The Morgan fingerprint density at radius 1 is 0.783 bits per heavy atom. The van der Waals surface area contributed by atoms with E-state index in [1.54, 1.807) is 44.4 Å². The average Bonchev–Trinajstić information content (AvgIpc) is 2.91. The van der Waals surface area contributed by atoms with Crippen LogP contribution in [0, 0.1) is 23.7 Å². The zero-order chi connectivity index (χ0) is 61.6. The number of nitrogens with one attached hydrogen (secondary N) is 4. The van der Waals surface area contributed by atoms with Crippen molar-refractivity contribution >= 4 is 65.0 Å². The van der Waals surface area contributed by atoms with E-state index in [4.69, 9.17) is 14.2 Å². The number of nitrogens with zero attached hydrogens (tertiary/aromatic N) is 3. The van der Waals surface area contributed by atoms with Crippen molar-refractivity contribution in [1.82, 2.24) is 36.0 Å². The van der Waals surface area contributed by atoms with Gasteiger partial charge in [-0.05, 0) is 107 Å². The number of amides is 7. The van der Waals surface area contributed by atoms with Gasteiger partial charge in [0.1, 0.15) is 30.3 Å². The summed E-state index contributed by atoms with van der Waals surface area (Å²) in [5.41, 5.74) is 0.719. The van der Waals surface area contributed by atoms with Crippen LogP contribution in [0.2, 0.25) is 0 Å². The Morgan fingerprint density at radius 2 is 1.46 bits per heavy atom. The number of benzene rings is 1. The van der Waals surface area contributed by atoms with Crippen LogP contribution in [-0.2, 0) is 78.1 Å². The fourth-order valence-electron chi connectivity index (χ4n) is 11.1. The van der Waals surface area contributed by atoms with Gasteiger partial charge in [-0.15, -0.1) is 0 Å². The van der Waals surface area contributed by atoms with Crippen molar-refractivity contribution in [2.45, 2.75) is 192 Å². The first kappa shape index (κ1) is 69.0. The summed E-state index contributed by atoms with van der Waals surface area (Å²) in [4.78, 5) is 147. The number of carboxylic acids is 1. The number of Topliss-reactive ketones (excluding diaryl/α,β-unsaturated/α-hetero) is 1. The van der Waals surface area contributed by atoms with E-state index >= 15 is 0 Å². The fourth-order valence-corrected chi connectivity index (χ4v) is 11.1. The maximum atomic E-state index is 14.3. The number of hydrogen-bond acceptors (Lipinski definition) is 16. The van der Waals surface area contributed by atoms with E-state index in [0.29, 0.717) is 44.4 Å². The number of likely N-dealkylation sites (tertiary alicyclic amines) is 1. The number of carbonyl (C=O) groups is 11. The van der Waals surface area contributed by atoms with Crippen LogP contribution in [0.3, 0.4) is 0 Å². The lowest BCUT2D eigenvalue weighted by Crippen LogP contribution is -2.60. The number of piperidine rings is 1. The highest BCUT2D eigenvalue weighted by molar-refractivity contribution is 6.39. The molecule has 1 saturated carbocycles. The zero-order valence-electron chi connectivity index (χ0n) is 49.9. The van der Waals surface area contributed by atoms with Crippen LogP contribution in [0.1, 0.15) is 143 Å². The highest BCUT2D eigenvalue weighted by atomic mass is 16.6. The Balaban J connectivity index is 1.25. The number of methoxy groups -OCH3 is 2. The number of aliphatic hydroxyl groups is 1. The van der Waals surface area contributed by atoms with Gasteiger partial charge in [-0.25, -0.2) is 4.79 Å². The van der Waals surface area contributed by atoms with Crippen molar-refractivity contribution in [3.8, 4) is 0 Å². The first-order chi connectivity index (χ1) is 39.3. The molecule has 464 valence electrons. The van der Waals surface area contributed by atoms with Crippen molar-refractivity contribution in [3.63, 3.8) is 0 Å². The molecule has 83 heavy (non-hydrogen) atoms. The van der Waals surface area contributed by atoms with E-state index in [0.717, 1.165) is 23.3 Å². The zero-order valence-corrected chi connectivity index (χ0v) is 49.9. The quantitative estimate of drug-likeness (QED) is 0.0354. The molecular formula is C59H91N7O17. The van der Waals surface area contributed by atoms with Crippen LogP contribution < -0.4 is 21.3 Å². The number of carboxylic acid groups (broad SMARTS) is 1. The lowest BCUT2D eigenvalue weighted by atomic mass is 9.79. The number of esters is 2. The first-order valence-electron chi connectivity index (χ1n) is 29.2. The molecule has 1 aromatic carbocycles. The van der Waals surface area contributed by atoms with Crippen LogP contribution in [0.4, 0.5) is 0 Å². The number of rotatable bonds is 31. The summed E-state index contributed by atoms with van der Waals surface area (Å²) in [6, 6.07) is 4.39. The second-order valence-corrected chi connectivity index (χ2v) is 23.1.